The average Bonchev–Trinajstić information content (AvgIpc) is 3.50. The van der Waals surface area contributed by atoms with Crippen molar-refractivity contribution in [2.24, 2.45) is 0 Å². The van der Waals surface area contributed by atoms with Crippen LogP contribution in [0.15, 0.2) is 0 Å². The molecule has 0 aromatic carbocycles. The third-order valence-corrected chi connectivity index (χ3v) is 16.0. The number of aliphatic hydroxyl groups is 9. The zero-order valence-corrected chi connectivity index (χ0v) is 47.9. The van der Waals surface area contributed by atoms with Crippen molar-refractivity contribution in [1.29, 1.82) is 0 Å². The molecule has 79 heavy (non-hydrogen) atoms. The van der Waals surface area contributed by atoms with Gasteiger partial charge < -0.3 is 88.6 Å². The van der Waals surface area contributed by atoms with Gasteiger partial charge in [-0.3, -0.25) is 14.4 Å². The van der Waals surface area contributed by atoms with Crippen LogP contribution in [0.25, 0.3) is 0 Å². The predicted molar refractivity (Wildman–Crippen MR) is 288 cm³/mol. The van der Waals surface area contributed by atoms with Gasteiger partial charge in [-0.2, -0.15) is 0 Å². The lowest BCUT2D eigenvalue weighted by atomic mass is 9.86. The van der Waals surface area contributed by atoms with Gasteiger partial charge in [0.05, 0.1) is 37.6 Å². The second kappa shape index (κ2) is 38.6. The van der Waals surface area contributed by atoms with Crippen molar-refractivity contribution >= 4 is 17.9 Å². The molecule has 0 aromatic heterocycles. The van der Waals surface area contributed by atoms with Gasteiger partial charge in [0.1, 0.15) is 93.1 Å². The highest BCUT2D eigenvalue weighted by atomic mass is 16.7. The Bertz CT molecular complexity index is 1650. The molecule has 9 N–H and O–H groups in total. The summed E-state index contributed by atoms with van der Waals surface area (Å²) in [5, 5.41) is 99.6. The van der Waals surface area contributed by atoms with E-state index in [0.717, 1.165) is 116 Å². The maximum atomic E-state index is 14.3. The van der Waals surface area contributed by atoms with Crippen LogP contribution < -0.4 is 0 Å². The molecule has 0 spiro atoms. The van der Waals surface area contributed by atoms with Crippen LogP contribution in [0.2, 0.25) is 0 Å². The fraction of sp³-hybridized carbons (Fsp3) is 0.948. The van der Waals surface area contributed by atoms with Crippen LogP contribution in [0.4, 0.5) is 0 Å². The number of unbranched alkanes of at least 4 members (excludes halogenated alkanes) is 22. The van der Waals surface area contributed by atoms with Crippen molar-refractivity contribution in [2.45, 2.75) is 324 Å². The van der Waals surface area contributed by atoms with E-state index in [1.54, 1.807) is 0 Å². The Morgan fingerprint density at radius 1 is 0.392 bits per heavy atom. The van der Waals surface area contributed by atoms with E-state index in [-0.39, 0.29) is 12.8 Å². The lowest BCUT2D eigenvalue weighted by Gasteiger charge is -2.45. The van der Waals surface area contributed by atoms with Crippen molar-refractivity contribution < 1.29 is 103 Å². The van der Waals surface area contributed by atoms with Crippen LogP contribution in [-0.4, -0.2) is 194 Å². The Balaban J connectivity index is 1.63. The summed E-state index contributed by atoms with van der Waals surface area (Å²) < 4.78 is 53.2. The number of esters is 3. The Kier molecular flexibility index (Phi) is 33.9. The summed E-state index contributed by atoms with van der Waals surface area (Å²) in [6, 6.07) is 0. The number of carbonyl (C=O) groups is 3. The van der Waals surface area contributed by atoms with Crippen LogP contribution in [0.3, 0.4) is 0 Å². The largest absolute Gasteiger partial charge is 0.463 e. The quantitative estimate of drug-likeness (QED) is 0.0270. The van der Waals surface area contributed by atoms with Crippen LogP contribution >= 0.6 is 0 Å². The first-order chi connectivity index (χ1) is 38.0. The Morgan fingerprint density at radius 3 is 1.23 bits per heavy atom. The number of fused-ring (bicyclic) bond motifs is 6. The van der Waals surface area contributed by atoms with Gasteiger partial charge in [0, 0.05) is 0 Å². The van der Waals surface area contributed by atoms with E-state index >= 15 is 0 Å². The summed E-state index contributed by atoms with van der Waals surface area (Å²) in [6.07, 6.45) is -1.49. The van der Waals surface area contributed by atoms with E-state index in [9.17, 15) is 60.3 Å². The smallest absolute Gasteiger partial charge is 0.308 e. The van der Waals surface area contributed by atoms with Crippen LogP contribution in [-0.2, 0) is 57.0 Å². The van der Waals surface area contributed by atoms with Crippen molar-refractivity contribution in [3.8, 4) is 0 Å². The molecule has 462 valence electrons. The van der Waals surface area contributed by atoms with E-state index in [1.807, 2.05) is 0 Å². The first-order valence-electron chi connectivity index (χ1n) is 30.5. The van der Waals surface area contributed by atoms with Gasteiger partial charge in [-0.05, 0) is 19.3 Å². The van der Waals surface area contributed by atoms with Crippen LogP contribution in [0.5, 0.6) is 0 Å². The topological polar surface area (TPSA) is 316 Å². The molecule has 4 heterocycles. The minimum atomic E-state index is -1.83. The third kappa shape index (κ3) is 24.5. The van der Waals surface area contributed by atoms with Gasteiger partial charge in [0.15, 0.2) is 18.9 Å². The first-order valence-corrected chi connectivity index (χ1v) is 30.5. The maximum Gasteiger partial charge on any atom is 0.308 e. The normalized spacial score (nSPS) is 35.0. The molecule has 4 fully saturated rings. The summed E-state index contributed by atoms with van der Waals surface area (Å²) in [4.78, 5) is 40.9. The fourth-order valence-corrected chi connectivity index (χ4v) is 10.9. The van der Waals surface area contributed by atoms with E-state index in [1.165, 1.54) is 25.7 Å². The van der Waals surface area contributed by atoms with Gasteiger partial charge in [-0.25, -0.2) is 0 Å². The van der Waals surface area contributed by atoms with Gasteiger partial charge in [-0.15, -0.1) is 0 Å². The summed E-state index contributed by atoms with van der Waals surface area (Å²) in [5.41, 5.74) is -1.36. The number of ether oxygens (including phenoxy) is 9. The van der Waals surface area contributed by atoms with Crippen molar-refractivity contribution in [3.63, 3.8) is 0 Å². The molecular weight excluding hydrogens is 1030 g/mol. The number of rotatable bonds is 28. The van der Waals surface area contributed by atoms with Gasteiger partial charge >= 0.3 is 17.9 Å². The fourth-order valence-electron chi connectivity index (χ4n) is 10.9. The number of cyclic esters (lactones) is 3. The van der Waals surface area contributed by atoms with Crippen LogP contribution in [0.1, 0.15) is 220 Å². The van der Waals surface area contributed by atoms with E-state index in [4.69, 9.17) is 42.6 Å². The lowest BCUT2D eigenvalue weighted by Crippen LogP contribution is -2.61. The van der Waals surface area contributed by atoms with E-state index in [0.29, 0.717) is 32.1 Å². The molecule has 0 aromatic rings. The molecule has 4 aliphatic rings. The van der Waals surface area contributed by atoms with Gasteiger partial charge in [-0.1, -0.05) is 181 Å². The zero-order valence-electron chi connectivity index (χ0n) is 47.9. The Labute approximate surface area is 469 Å². The molecule has 4 aliphatic heterocycles. The molecule has 0 saturated carbocycles. The molecule has 0 aliphatic carbocycles. The molecular formula is C58H104O21. The van der Waals surface area contributed by atoms with E-state index in [2.05, 4.69) is 20.8 Å². The maximum absolute atomic E-state index is 14.3. The van der Waals surface area contributed by atoms with Gasteiger partial charge in [0.2, 0.25) is 0 Å². The van der Waals surface area contributed by atoms with Crippen molar-refractivity contribution in [3.05, 3.63) is 0 Å². The highest BCUT2D eigenvalue weighted by molar-refractivity contribution is 5.71. The second-order valence-electron chi connectivity index (χ2n) is 22.7. The number of hydrogen-bond donors (Lipinski definition) is 9. The molecule has 0 amide bonds. The number of hydrogen-bond acceptors (Lipinski definition) is 21. The summed E-state index contributed by atoms with van der Waals surface area (Å²) in [6.45, 7) is 4.25. The minimum absolute atomic E-state index is 0.289. The monoisotopic (exact) mass is 1140 g/mol. The Morgan fingerprint density at radius 2 is 0.759 bits per heavy atom. The zero-order chi connectivity index (χ0) is 57.6. The molecule has 21 heteroatoms. The molecule has 6 bridgehead atoms. The molecule has 4 rings (SSSR count). The summed E-state index contributed by atoms with van der Waals surface area (Å²) in [7, 11) is 0. The summed E-state index contributed by atoms with van der Waals surface area (Å²) >= 11 is 0. The second-order valence-corrected chi connectivity index (χ2v) is 22.7. The molecule has 17 atom stereocenters. The molecule has 0 radical (unpaired) electrons. The van der Waals surface area contributed by atoms with Gasteiger partial charge in [0.25, 0.3) is 0 Å². The highest BCUT2D eigenvalue weighted by Gasteiger charge is 2.50. The molecule has 4 saturated heterocycles. The molecule has 2 unspecified atom stereocenters. The SMILES string of the molecule is CCCCCCCCCCCC1CC(=O)OC[C@H]2O[C@@H](OCCC(=O)OC[C@H]3O[C@H](OC(CCCCCCCCC)(CCCCCCCCCCC)CC(=O)OC[C@H]4O[C@@H](O1)[C@H](O)[C@@H](O)[C@H]4O)[C@H](O)[C@@H](O)[C@H]3O)[C@H](O)[C@@H](O)[C@H]2O. The van der Waals surface area contributed by atoms with Crippen molar-refractivity contribution in [2.75, 3.05) is 26.4 Å². The molecule has 21 nitrogen and oxygen atoms in total. The Hall–Kier alpha value is -2.19. The van der Waals surface area contributed by atoms with Crippen LogP contribution in [0, 0.1) is 0 Å². The van der Waals surface area contributed by atoms with Crippen molar-refractivity contribution in [1.82, 2.24) is 0 Å². The third-order valence-electron chi connectivity index (χ3n) is 16.0. The predicted octanol–water partition coefficient (Wildman–Crippen LogP) is 5.36. The highest BCUT2D eigenvalue weighted by Crippen LogP contribution is 2.37. The number of carbonyl (C=O) groups excluding carboxylic acids is 3. The standard InChI is InChI=1S/C58H104O21/c1-4-7-10-13-16-18-20-23-26-29-39-34-44(60)73-37-40-46(62)49(65)52(68)55(76-40)71-33-30-43(59)72-36-42-48(64)51(67)54(70)57(78-42)79-58(31-27-24-21-15-12-9-6-3,32-28-25-22-19-17-14-11-8-5-2)35-45(61)74-38-41-47(63)50(66)53(69)56(75-39)77-41/h39-42,46-57,62-70H,4-38H2,1-3H3/t39?,40-,41-,42-,46+,47+,48+,49+,50+,51+,52-,53-,54-,55-,56-,57-,58?/m1/s1. The first kappa shape index (κ1) is 69.3. The lowest BCUT2D eigenvalue weighted by molar-refractivity contribution is -0.330. The summed E-state index contributed by atoms with van der Waals surface area (Å²) in [5.74, 6) is -2.47. The number of aliphatic hydroxyl groups excluding tert-OH is 9. The average molecular weight is 1140 g/mol. The van der Waals surface area contributed by atoms with E-state index < -0.39 is 161 Å². The minimum Gasteiger partial charge on any atom is -0.463 e.